The largest absolute Gasteiger partial charge is 0.508 e. The number of halogens is 3. The molecule has 198 valence electrons. The minimum absolute atomic E-state index is 0.140. The lowest BCUT2D eigenvalue weighted by Crippen LogP contribution is -2.30. The van der Waals surface area contributed by atoms with Gasteiger partial charge in [-0.3, -0.25) is 4.79 Å². The summed E-state index contributed by atoms with van der Waals surface area (Å²) in [5.41, 5.74) is 0.600. The third kappa shape index (κ3) is 6.39. The molecule has 0 saturated heterocycles. The van der Waals surface area contributed by atoms with Crippen LogP contribution >= 0.6 is 11.8 Å². The quantitative estimate of drug-likeness (QED) is 0.163. The van der Waals surface area contributed by atoms with Crippen molar-refractivity contribution in [3.05, 3.63) is 95.7 Å². The molecule has 4 aromatic rings. The predicted molar refractivity (Wildman–Crippen MR) is 142 cm³/mol. The van der Waals surface area contributed by atoms with E-state index in [9.17, 15) is 28.2 Å². The van der Waals surface area contributed by atoms with Crippen molar-refractivity contribution in [1.82, 2.24) is 10.3 Å². The molecule has 0 aliphatic carbocycles. The number of benzene rings is 3. The van der Waals surface area contributed by atoms with Gasteiger partial charge < -0.3 is 15.5 Å². The summed E-state index contributed by atoms with van der Waals surface area (Å²) in [6.45, 7) is 2.29. The topological polar surface area (TPSA) is 82.5 Å². The van der Waals surface area contributed by atoms with Gasteiger partial charge in [0.25, 0.3) is 0 Å². The molecule has 0 atom stereocenters. The first-order valence-corrected chi connectivity index (χ1v) is 13.0. The molecule has 1 heterocycles. The molecule has 0 spiro atoms. The SMILES string of the molecule is CC(CCC(=O)NCCSc1cc(C(F)(F)F)nc2ccccc12)(c1ccc(O)cc1)c1ccc(O)cc1. The Hall–Kier alpha value is -3.72. The average molecular weight is 541 g/mol. The third-order valence-corrected chi connectivity index (χ3v) is 7.57. The van der Waals surface area contributed by atoms with Gasteiger partial charge in [-0.25, -0.2) is 4.98 Å². The maximum atomic E-state index is 13.3. The summed E-state index contributed by atoms with van der Waals surface area (Å²) in [5.74, 6) is 0.497. The zero-order valence-corrected chi connectivity index (χ0v) is 21.4. The third-order valence-electron chi connectivity index (χ3n) is 6.51. The highest BCUT2D eigenvalue weighted by molar-refractivity contribution is 7.99. The maximum absolute atomic E-state index is 13.3. The zero-order valence-electron chi connectivity index (χ0n) is 20.6. The van der Waals surface area contributed by atoms with Gasteiger partial charge in [0.2, 0.25) is 5.91 Å². The smallest absolute Gasteiger partial charge is 0.433 e. The van der Waals surface area contributed by atoms with E-state index >= 15 is 0 Å². The highest BCUT2D eigenvalue weighted by Crippen LogP contribution is 2.38. The Balaban J connectivity index is 1.39. The van der Waals surface area contributed by atoms with Crippen molar-refractivity contribution in [2.45, 2.75) is 36.3 Å². The Bertz CT molecular complexity index is 1360. The van der Waals surface area contributed by atoms with Crippen LogP contribution < -0.4 is 5.32 Å². The van der Waals surface area contributed by atoms with Crippen LogP contribution in [0.4, 0.5) is 13.2 Å². The number of aromatic nitrogens is 1. The van der Waals surface area contributed by atoms with E-state index in [0.717, 1.165) is 17.2 Å². The Morgan fingerprint density at radius 2 is 1.50 bits per heavy atom. The second kappa shape index (κ2) is 11.3. The summed E-state index contributed by atoms with van der Waals surface area (Å²) in [7, 11) is 0. The number of nitrogens with one attached hydrogen (secondary N) is 1. The van der Waals surface area contributed by atoms with Gasteiger partial charge in [-0.05, 0) is 53.9 Å². The molecular weight excluding hydrogens is 513 g/mol. The standard InChI is InChI=1S/C29H27F3N2O3S/c1-28(19-6-10-21(35)11-7-19,20-8-12-22(36)13-9-20)15-14-27(37)33-16-17-38-25-18-26(29(30,31)32)34-24-5-3-2-4-23(24)25/h2-13,18,35-36H,14-17H2,1H3,(H,33,37). The first-order valence-electron chi connectivity index (χ1n) is 12.0. The fourth-order valence-electron chi connectivity index (χ4n) is 4.33. The lowest BCUT2D eigenvalue weighted by Gasteiger charge is -2.31. The van der Waals surface area contributed by atoms with Gasteiger partial charge in [-0.1, -0.05) is 49.4 Å². The summed E-state index contributed by atoms with van der Waals surface area (Å²) in [5, 5.41) is 22.9. The van der Waals surface area contributed by atoms with E-state index in [1.54, 1.807) is 48.5 Å². The van der Waals surface area contributed by atoms with Crippen molar-refractivity contribution in [2.24, 2.45) is 0 Å². The van der Waals surface area contributed by atoms with Gasteiger partial charge in [0, 0.05) is 34.4 Å². The molecule has 0 unspecified atom stereocenters. The van der Waals surface area contributed by atoms with Gasteiger partial charge in [0.15, 0.2) is 0 Å². The molecule has 5 nitrogen and oxygen atoms in total. The number of hydrogen-bond acceptors (Lipinski definition) is 5. The highest BCUT2D eigenvalue weighted by atomic mass is 32.2. The zero-order chi connectivity index (χ0) is 27.3. The minimum Gasteiger partial charge on any atom is -0.508 e. The molecular formula is C29H27F3N2O3S. The van der Waals surface area contributed by atoms with Crippen molar-refractivity contribution >= 4 is 28.6 Å². The van der Waals surface area contributed by atoms with E-state index in [2.05, 4.69) is 10.3 Å². The van der Waals surface area contributed by atoms with Crippen LogP contribution in [0.15, 0.2) is 83.8 Å². The van der Waals surface area contributed by atoms with Crippen LogP contribution in [0.3, 0.4) is 0 Å². The number of amides is 1. The summed E-state index contributed by atoms with van der Waals surface area (Å²) in [6.07, 6.45) is -3.88. The fraction of sp³-hybridized carbons (Fsp3) is 0.241. The van der Waals surface area contributed by atoms with Gasteiger partial charge >= 0.3 is 6.18 Å². The number of nitrogens with zero attached hydrogens (tertiary/aromatic N) is 1. The normalized spacial score (nSPS) is 12.0. The van der Waals surface area contributed by atoms with Crippen molar-refractivity contribution in [3.63, 3.8) is 0 Å². The monoisotopic (exact) mass is 540 g/mol. The van der Waals surface area contributed by atoms with Crippen LogP contribution in [0.5, 0.6) is 11.5 Å². The number of thioether (sulfide) groups is 1. The van der Waals surface area contributed by atoms with Crippen LogP contribution in [0.1, 0.15) is 36.6 Å². The lowest BCUT2D eigenvalue weighted by molar-refractivity contribution is -0.141. The second-order valence-corrected chi connectivity index (χ2v) is 10.3. The van der Waals surface area contributed by atoms with Crippen LogP contribution in [0.2, 0.25) is 0 Å². The lowest BCUT2D eigenvalue weighted by atomic mass is 9.73. The molecule has 9 heteroatoms. The van der Waals surface area contributed by atoms with E-state index in [1.807, 2.05) is 31.2 Å². The van der Waals surface area contributed by atoms with E-state index in [4.69, 9.17) is 0 Å². The fourth-order valence-corrected chi connectivity index (χ4v) is 5.27. The number of para-hydroxylation sites is 1. The molecule has 0 radical (unpaired) electrons. The highest BCUT2D eigenvalue weighted by Gasteiger charge is 2.33. The van der Waals surface area contributed by atoms with E-state index in [1.165, 1.54) is 11.8 Å². The number of fused-ring (bicyclic) bond motifs is 1. The molecule has 38 heavy (non-hydrogen) atoms. The molecule has 4 rings (SSSR count). The Morgan fingerprint density at radius 1 is 0.921 bits per heavy atom. The van der Waals surface area contributed by atoms with E-state index in [-0.39, 0.29) is 35.9 Å². The number of pyridine rings is 1. The number of carbonyl (C=O) groups excluding carboxylic acids is 1. The number of phenolic OH excluding ortho intramolecular Hbond substituents is 2. The summed E-state index contributed by atoms with van der Waals surface area (Å²) in [4.78, 5) is 16.9. The molecule has 0 fully saturated rings. The number of hydrogen-bond donors (Lipinski definition) is 3. The number of carbonyl (C=O) groups is 1. The van der Waals surface area contributed by atoms with E-state index < -0.39 is 17.3 Å². The number of alkyl halides is 3. The maximum Gasteiger partial charge on any atom is 0.433 e. The summed E-state index contributed by atoms with van der Waals surface area (Å²) in [6, 6.07) is 21.4. The summed E-state index contributed by atoms with van der Waals surface area (Å²) >= 11 is 1.24. The molecule has 1 amide bonds. The molecule has 0 aliphatic rings. The van der Waals surface area contributed by atoms with Gasteiger partial charge in [0.05, 0.1) is 5.52 Å². The Kier molecular flexibility index (Phi) is 8.16. The first-order chi connectivity index (χ1) is 18.1. The molecule has 3 N–H and O–H groups in total. The van der Waals surface area contributed by atoms with Crippen molar-refractivity contribution in [1.29, 1.82) is 0 Å². The number of rotatable bonds is 9. The second-order valence-electron chi connectivity index (χ2n) is 9.14. The Labute approximate surface area is 222 Å². The number of aromatic hydroxyl groups is 2. The van der Waals surface area contributed by atoms with Gasteiger partial charge in [0.1, 0.15) is 17.2 Å². The van der Waals surface area contributed by atoms with E-state index in [0.29, 0.717) is 22.5 Å². The van der Waals surface area contributed by atoms with Crippen LogP contribution in [-0.4, -0.2) is 33.4 Å². The van der Waals surface area contributed by atoms with Crippen molar-refractivity contribution in [2.75, 3.05) is 12.3 Å². The van der Waals surface area contributed by atoms with Crippen LogP contribution in [-0.2, 0) is 16.4 Å². The number of phenols is 2. The summed E-state index contributed by atoms with van der Waals surface area (Å²) < 4.78 is 39.9. The first kappa shape index (κ1) is 27.3. The molecule has 0 saturated carbocycles. The molecule has 0 bridgehead atoms. The van der Waals surface area contributed by atoms with Crippen LogP contribution in [0.25, 0.3) is 10.9 Å². The Morgan fingerprint density at radius 3 is 2.08 bits per heavy atom. The molecule has 0 aliphatic heterocycles. The van der Waals surface area contributed by atoms with Crippen LogP contribution in [0, 0.1) is 0 Å². The average Bonchev–Trinajstić information content (AvgIpc) is 2.89. The van der Waals surface area contributed by atoms with Crippen molar-refractivity contribution < 1.29 is 28.2 Å². The predicted octanol–water partition coefficient (Wildman–Crippen LogP) is 6.66. The van der Waals surface area contributed by atoms with Gasteiger partial charge in [-0.2, -0.15) is 13.2 Å². The van der Waals surface area contributed by atoms with Gasteiger partial charge in [-0.15, -0.1) is 11.8 Å². The minimum atomic E-state index is -4.55. The molecule has 1 aromatic heterocycles. The molecule has 3 aromatic carbocycles. The van der Waals surface area contributed by atoms with Crippen molar-refractivity contribution in [3.8, 4) is 11.5 Å².